The molecule has 1 aromatic rings. The molecule has 0 aliphatic carbocycles. The first kappa shape index (κ1) is 17.4. The summed E-state index contributed by atoms with van der Waals surface area (Å²) in [6.07, 6.45) is -4.59. The molecule has 1 rings (SSSR count). The number of hydrogen-bond acceptors (Lipinski definition) is 5. The van der Waals surface area contributed by atoms with Crippen LogP contribution in [0.5, 0.6) is 0 Å². The normalized spacial score (nSPS) is 13.3. The third-order valence-electron chi connectivity index (χ3n) is 2.07. The van der Waals surface area contributed by atoms with Gasteiger partial charge in [-0.2, -0.15) is 26.5 Å². The van der Waals surface area contributed by atoms with Gasteiger partial charge in [-0.1, -0.05) is 6.07 Å². The van der Waals surface area contributed by atoms with E-state index < -0.39 is 41.1 Å². The molecule has 0 bridgehead atoms. The Bertz CT molecular complexity index is 614. The van der Waals surface area contributed by atoms with Gasteiger partial charge in [-0.3, -0.25) is 0 Å². The Labute approximate surface area is 118 Å². The second-order valence-corrected chi connectivity index (χ2v) is 6.75. The molecule has 0 heterocycles. The molecular weight excluding hydrogens is 340 g/mol. The number of alkyl halides is 3. The largest absolute Gasteiger partial charge is 0.535 e. The highest BCUT2D eigenvalue weighted by Gasteiger charge is 2.39. The van der Waals surface area contributed by atoms with Crippen molar-refractivity contribution in [2.24, 2.45) is 0 Å². The van der Waals surface area contributed by atoms with Crippen LogP contribution in [0.2, 0.25) is 0 Å². The first-order valence-electron chi connectivity index (χ1n) is 4.86. The van der Waals surface area contributed by atoms with Crippen LogP contribution in [0, 0.1) is 0 Å². The van der Waals surface area contributed by atoms with Crippen molar-refractivity contribution in [1.82, 2.24) is 0 Å². The lowest BCUT2D eigenvalue weighted by atomic mass is 10.2. The van der Waals surface area contributed by atoms with Gasteiger partial charge in [0.05, 0.1) is 5.56 Å². The molecule has 1 atom stereocenters. The maximum Gasteiger partial charge on any atom is 0.535 e. The van der Waals surface area contributed by atoms with Crippen molar-refractivity contribution in [3.63, 3.8) is 0 Å². The zero-order valence-electron chi connectivity index (χ0n) is 9.92. The molecule has 0 spiro atoms. The van der Waals surface area contributed by atoms with Crippen molar-refractivity contribution in [2.75, 3.05) is 12.6 Å². The summed E-state index contributed by atoms with van der Waals surface area (Å²) in [5, 5.41) is 0. The lowest BCUT2D eigenvalue weighted by Gasteiger charge is -2.14. The van der Waals surface area contributed by atoms with E-state index in [-0.39, 0.29) is 4.90 Å². The second-order valence-electron chi connectivity index (χ2n) is 3.39. The highest BCUT2D eigenvalue weighted by Crippen LogP contribution is 2.39. The predicted molar refractivity (Wildman–Crippen MR) is 66.2 cm³/mol. The van der Waals surface area contributed by atoms with Crippen LogP contribution in [0.4, 0.5) is 13.2 Å². The van der Waals surface area contributed by atoms with Crippen LogP contribution in [0.15, 0.2) is 28.0 Å². The topological polar surface area (TPSA) is 80.7 Å². The molecule has 20 heavy (non-hydrogen) atoms. The van der Waals surface area contributed by atoms with Gasteiger partial charge in [0, 0.05) is 4.90 Å². The van der Waals surface area contributed by atoms with Gasteiger partial charge in [-0.05, 0) is 23.0 Å². The fraction of sp³-hybridized carbons (Fsp3) is 0.333. The predicted octanol–water partition coefficient (Wildman–Crippen LogP) is 2.82. The van der Waals surface area contributed by atoms with E-state index in [1.54, 1.807) is 0 Å². The van der Waals surface area contributed by atoms with E-state index in [1.807, 2.05) is 0 Å². The minimum atomic E-state index is -4.89. The van der Waals surface area contributed by atoms with E-state index in [4.69, 9.17) is 4.89 Å². The van der Waals surface area contributed by atoms with Crippen molar-refractivity contribution >= 4 is 29.9 Å². The van der Waals surface area contributed by atoms with Crippen molar-refractivity contribution in [2.45, 2.75) is 16.0 Å². The zero-order chi connectivity index (χ0) is 15.6. The third kappa shape index (κ3) is 4.16. The number of benzene rings is 1. The average molecular weight is 349 g/mol. The molecule has 5 nitrogen and oxygen atoms in total. The van der Waals surface area contributed by atoms with Crippen LogP contribution in [0.3, 0.4) is 0 Å². The Hall–Kier alpha value is -0.670. The quantitative estimate of drug-likeness (QED) is 0.500. The molecule has 0 radical (unpaired) electrons. The van der Waals surface area contributed by atoms with Gasteiger partial charge < -0.3 is 0 Å². The summed E-state index contributed by atoms with van der Waals surface area (Å²) in [5.41, 5.74) is -1.38. The van der Waals surface area contributed by atoms with Crippen LogP contribution in [0.1, 0.15) is 5.56 Å². The third-order valence-corrected chi connectivity index (χ3v) is 4.87. The molecule has 0 aliphatic heterocycles. The Morgan fingerprint density at radius 1 is 1.40 bits per heavy atom. The first-order valence-corrected chi connectivity index (χ1v) is 8.90. The van der Waals surface area contributed by atoms with Gasteiger partial charge in [-0.15, -0.1) is 11.8 Å². The minimum Gasteiger partial charge on any atom is -0.213 e. The Kier molecular flexibility index (Phi) is 5.56. The van der Waals surface area contributed by atoms with E-state index in [0.29, 0.717) is 6.07 Å². The minimum absolute atomic E-state index is 0.159. The number of rotatable bonds is 5. The van der Waals surface area contributed by atoms with Gasteiger partial charge in [0.1, 0.15) is 4.90 Å². The number of hydrogen-bond donors (Lipinski definition) is 1. The summed E-state index contributed by atoms with van der Waals surface area (Å²) in [4.78, 5) is 7.31. The summed E-state index contributed by atoms with van der Waals surface area (Å²) in [7, 11) is -7.74. The van der Waals surface area contributed by atoms with Crippen molar-refractivity contribution in [3.8, 4) is 0 Å². The van der Waals surface area contributed by atoms with Gasteiger partial charge in [0.15, 0.2) is 0 Å². The molecule has 0 saturated carbocycles. The number of thioether (sulfide) groups is 1. The van der Waals surface area contributed by atoms with Crippen LogP contribution in [0.25, 0.3) is 0 Å². The molecule has 0 saturated heterocycles. The number of halogens is 3. The standard InChI is InChI=1S/C9H8F3O5PS2/c1-19-7-4-2-3-6(9(10,11)12)8(7)20(15,16)17-5-18(13)14/h2-4H,5H2,1H3/p+1. The SMILES string of the molecule is CSc1cccc(C(F)(F)F)c1S(=O)(=O)OC[P+](=O)O. The van der Waals surface area contributed by atoms with E-state index in [1.165, 1.54) is 12.3 Å². The fourth-order valence-electron chi connectivity index (χ4n) is 1.33. The van der Waals surface area contributed by atoms with Crippen LogP contribution in [-0.4, -0.2) is 25.9 Å². The van der Waals surface area contributed by atoms with Crippen LogP contribution < -0.4 is 0 Å². The molecule has 11 heteroatoms. The van der Waals surface area contributed by atoms with Crippen LogP contribution >= 0.6 is 19.8 Å². The molecule has 0 fully saturated rings. The summed E-state index contributed by atoms with van der Waals surface area (Å²) >= 11 is 0.792. The summed E-state index contributed by atoms with van der Waals surface area (Å²) in [5.74, 6) is 0. The molecule has 1 N–H and O–H groups in total. The van der Waals surface area contributed by atoms with Crippen molar-refractivity contribution < 1.29 is 35.2 Å². The Morgan fingerprint density at radius 3 is 2.45 bits per heavy atom. The molecule has 0 aliphatic rings. The van der Waals surface area contributed by atoms with Gasteiger partial charge in [0.25, 0.3) is 6.35 Å². The van der Waals surface area contributed by atoms with E-state index >= 15 is 0 Å². The lowest BCUT2D eigenvalue weighted by molar-refractivity contribution is -0.140. The average Bonchev–Trinajstić information content (AvgIpc) is 2.34. The molecular formula is C9H9F3O5PS2+. The van der Waals surface area contributed by atoms with Crippen molar-refractivity contribution in [1.29, 1.82) is 0 Å². The van der Waals surface area contributed by atoms with Gasteiger partial charge in [-0.25, -0.2) is 4.18 Å². The molecule has 0 amide bonds. The monoisotopic (exact) mass is 349 g/mol. The highest BCUT2D eigenvalue weighted by molar-refractivity contribution is 7.99. The van der Waals surface area contributed by atoms with E-state index in [0.717, 1.165) is 17.8 Å². The summed E-state index contributed by atoms with van der Waals surface area (Å²) in [6, 6.07) is 2.87. The van der Waals surface area contributed by atoms with E-state index in [2.05, 4.69) is 4.18 Å². The van der Waals surface area contributed by atoms with E-state index in [9.17, 15) is 26.2 Å². The zero-order valence-corrected chi connectivity index (χ0v) is 12.4. The smallest absolute Gasteiger partial charge is 0.213 e. The summed E-state index contributed by atoms with van der Waals surface area (Å²) < 4.78 is 76.8. The Balaban J connectivity index is 3.45. The van der Waals surface area contributed by atoms with Crippen LogP contribution in [-0.2, 0) is 25.0 Å². The fourth-order valence-corrected chi connectivity index (χ4v) is 4.20. The van der Waals surface area contributed by atoms with Crippen molar-refractivity contribution in [3.05, 3.63) is 23.8 Å². The molecule has 112 valence electrons. The maximum atomic E-state index is 12.9. The summed E-state index contributed by atoms with van der Waals surface area (Å²) in [6.45, 7) is 0. The van der Waals surface area contributed by atoms with Gasteiger partial charge in [0.2, 0.25) is 0 Å². The Morgan fingerprint density at radius 2 is 2.00 bits per heavy atom. The first-order chi connectivity index (χ1) is 9.09. The molecule has 1 aromatic carbocycles. The maximum absolute atomic E-state index is 12.9. The van der Waals surface area contributed by atoms with Gasteiger partial charge >= 0.3 is 24.3 Å². The second kappa shape index (κ2) is 6.40. The molecule has 0 aromatic heterocycles. The highest BCUT2D eigenvalue weighted by atomic mass is 32.2. The molecule has 1 unspecified atom stereocenters. The lowest BCUT2D eigenvalue weighted by Crippen LogP contribution is -2.16.